The van der Waals surface area contributed by atoms with E-state index in [1.165, 1.54) is 24.7 Å². The quantitative estimate of drug-likeness (QED) is 0.544. The molecule has 2 N–H and O–H groups in total. The summed E-state index contributed by atoms with van der Waals surface area (Å²) in [5.41, 5.74) is 2.15. The number of aromatic amines is 1. The van der Waals surface area contributed by atoms with Gasteiger partial charge < -0.3 is 5.32 Å². The Morgan fingerprint density at radius 3 is 2.96 bits per heavy atom. The summed E-state index contributed by atoms with van der Waals surface area (Å²) in [6, 6.07) is 7.74. The van der Waals surface area contributed by atoms with E-state index in [9.17, 15) is 14.9 Å². The van der Waals surface area contributed by atoms with Gasteiger partial charge in [0, 0.05) is 30.0 Å². The minimum Gasteiger partial charge on any atom is -0.305 e. The first-order chi connectivity index (χ1) is 12.1. The Balaban J connectivity index is 1.81. The van der Waals surface area contributed by atoms with Gasteiger partial charge in [0.15, 0.2) is 5.82 Å². The Morgan fingerprint density at radius 2 is 2.20 bits per heavy atom. The van der Waals surface area contributed by atoms with Gasteiger partial charge in [-0.25, -0.2) is 9.97 Å². The molecule has 0 fully saturated rings. The number of rotatable bonds is 5. The maximum absolute atomic E-state index is 12.3. The zero-order valence-electron chi connectivity index (χ0n) is 13.3. The van der Waals surface area contributed by atoms with Gasteiger partial charge in [0.25, 0.3) is 11.6 Å². The summed E-state index contributed by atoms with van der Waals surface area (Å²) in [5.74, 6) is -0.0630. The molecule has 2 heterocycles. The fraction of sp³-hybridized carbons (Fsp3) is 0.125. The van der Waals surface area contributed by atoms with Gasteiger partial charge in [-0.15, -0.1) is 0 Å². The number of aryl methyl sites for hydroxylation is 1. The first kappa shape index (κ1) is 16.2. The van der Waals surface area contributed by atoms with E-state index in [-0.39, 0.29) is 11.6 Å². The van der Waals surface area contributed by atoms with Crippen molar-refractivity contribution in [1.82, 2.24) is 20.2 Å². The van der Waals surface area contributed by atoms with E-state index >= 15 is 0 Å². The first-order valence-corrected chi connectivity index (χ1v) is 7.49. The van der Waals surface area contributed by atoms with E-state index in [0.717, 1.165) is 0 Å². The summed E-state index contributed by atoms with van der Waals surface area (Å²) in [7, 11) is 0. The van der Waals surface area contributed by atoms with E-state index in [4.69, 9.17) is 0 Å². The second-order valence-corrected chi connectivity index (χ2v) is 5.17. The van der Waals surface area contributed by atoms with Crippen LogP contribution in [0.25, 0.3) is 11.3 Å². The summed E-state index contributed by atoms with van der Waals surface area (Å²) in [4.78, 5) is 30.7. The summed E-state index contributed by atoms with van der Waals surface area (Å²) in [5, 5.41) is 20.3. The smallest absolute Gasteiger partial charge is 0.270 e. The Labute approximate surface area is 142 Å². The zero-order valence-corrected chi connectivity index (χ0v) is 13.3. The topological polar surface area (TPSA) is 127 Å². The molecule has 9 heteroatoms. The van der Waals surface area contributed by atoms with E-state index in [0.29, 0.717) is 34.8 Å². The molecule has 2 aromatic heterocycles. The number of non-ortho nitro benzene ring substituents is 1. The fourth-order valence-electron chi connectivity index (χ4n) is 2.33. The summed E-state index contributed by atoms with van der Waals surface area (Å²) < 4.78 is 0. The van der Waals surface area contributed by atoms with Gasteiger partial charge >= 0.3 is 0 Å². The number of carbonyl (C=O) groups excluding carboxylic acids is 1. The Bertz CT molecular complexity index is 937. The minimum absolute atomic E-state index is 0.0216. The van der Waals surface area contributed by atoms with Crippen LogP contribution in [0.5, 0.6) is 0 Å². The van der Waals surface area contributed by atoms with Crippen molar-refractivity contribution >= 4 is 17.4 Å². The molecule has 0 saturated heterocycles. The zero-order chi connectivity index (χ0) is 17.8. The maximum atomic E-state index is 12.3. The number of anilines is 1. The molecule has 0 atom stereocenters. The highest BCUT2D eigenvalue weighted by Gasteiger charge is 2.14. The van der Waals surface area contributed by atoms with Crippen LogP contribution < -0.4 is 5.32 Å². The van der Waals surface area contributed by atoms with E-state index in [1.54, 1.807) is 18.2 Å². The largest absolute Gasteiger partial charge is 0.305 e. The third-order valence-electron chi connectivity index (χ3n) is 3.56. The predicted molar refractivity (Wildman–Crippen MR) is 90.0 cm³/mol. The van der Waals surface area contributed by atoms with Gasteiger partial charge in [0.1, 0.15) is 6.33 Å². The lowest BCUT2D eigenvalue weighted by Crippen LogP contribution is -2.15. The molecule has 0 aliphatic rings. The Kier molecular flexibility index (Phi) is 4.46. The van der Waals surface area contributed by atoms with Gasteiger partial charge in [-0.3, -0.25) is 20.0 Å². The average Bonchev–Trinajstić information content (AvgIpc) is 3.10. The van der Waals surface area contributed by atoms with Crippen molar-refractivity contribution < 1.29 is 9.72 Å². The lowest BCUT2D eigenvalue weighted by Gasteiger charge is -2.04. The molecule has 1 amide bonds. The minimum atomic E-state index is -0.468. The molecule has 0 unspecified atom stereocenters. The van der Waals surface area contributed by atoms with Crippen molar-refractivity contribution in [2.45, 2.75) is 13.3 Å². The molecule has 9 nitrogen and oxygen atoms in total. The number of aromatic nitrogens is 4. The van der Waals surface area contributed by atoms with Crippen LogP contribution in [0.2, 0.25) is 0 Å². The van der Waals surface area contributed by atoms with Crippen LogP contribution in [0.1, 0.15) is 23.0 Å². The van der Waals surface area contributed by atoms with Gasteiger partial charge in [0.05, 0.1) is 21.9 Å². The van der Waals surface area contributed by atoms with Crippen LogP contribution >= 0.6 is 0 Å². The number of nitrogens with zero attached hydrogens (tertiary/aromatic N) is 4. The Morgan fingerprint density at radius 1 is 1.36 bits per heavy atom. The van der Waals surface area contributed by atoms with E-state index in [2.05, 4.69) is 25.5 Å². The molecule has 25 heavy (non-hydrogen) atoms. The number of amides is 1. The van der Waals surface area contributed by atoms with Crippen molar-refractivity contribution in [2.75, 3.05) is 5.32 Å². The van der Waals surface area contributed by atoms with Crippen molar-refractivity contribution in [1.29, 1.82) is 0 Å². The van der Waals surface area contributed by atoms with Crippen LogP contribution in [0.4, 0.5) is 11.5 Å². The maximum Gasteiger partial charge on any atom is 0.270 e. The van der Waals surface area contributed by atoms with Crippen LogP contribution in [0, 0.1) is 10.1 Å². The number of H-pyrrole nitrogens is 1. The fourth-order valence-corrected chi connectivity index (χ4v) is 2.33. The predicted octanol–water partition coefficient (Wildman–Crippen LogP) is 2.59. The average molecular weight is 338 g/mol. The number of nitro groups is 1. The van der Waals surface area contributed by atoms with Crippen LogP contribution in [0.3, 0.4) is 0 Å². The lowest BCUT2D eigenvalue weighted by molar-refractivity contribution is -0.384. The number of nitro benzene ring substituents is 1. The molecule has 3 rings (SSSR count). The monoisotopic (exact) mass is 338 g/mol. The molecule has 3 aromatic rings. The van der Waals surface area contributed by atoms with E-state index in [1.807, 2.05) is 6.92 Å². The van der Waals surface area contributed by atoms with Crippen LogP contribution in [-0.2, 0) is 6.42 Å². The molecule has 0 spiro atoms. The second kappa shape index (κ2) is 6.87. The SMILES string of the molecule is CCc1ncncc1C(=O)Nc1cc(-c2cccc([N+](=O)[O-])c2)[nH]n1. The molecule has 0 saturated carbocycles. The van der Waals surface area contributed by atoms with Gasteiger partial charge in [-0.2, -0.15) is 5.10 Å². The lowest BCUT2D eigenvalue weighted by atomic mass is 10.1. The second-order valence-electron chi connectivity index (χ2n) is 5.17. The van der Waals surface area contributed by atoms with Crippen molar-refractivity contribution in [2.24, 2.45) is 0 Å². The molecule has 0 aliphatic heterocycles. The normalized spacial score (nSPS) is 10.4. The Hall–Kier alpha value is -3.62. The molecule has 0 bridgehead atoms. The van der Waals surface area contributed by atoms with Gasteiger partial charge in [-0.05, 0) is 6.42 Å². The van der Waals surface area contributed by atoms with Gasteiger partial charge in [-0.1, -0.05) is 19.1 Å². The van der Waals surface area contributed by atoms with Crippen molar-refractivity contribution in [3.05, 3.63) is 64.2 Å². The van der Waals surface area contributed by atoms with Gasteiger partial charge in [0.2, 0.25) is 0 Å². The van der Waals surface area contributed by atoms with Crippen LogP contribution in [-0.4, -0.2) is 31.0 Å². The number of benzene rings is 1. The molecular formula is C16H14N6O3. The highest BCUT2D eigenvalue weighted by atomic mass is 16.6. The molecule has 0 radical (unpaired) electrons. The van der Waals surface area contributed by atoms with Crippen molar-refractivity contribution in [3.8, 4) is 11.3 Å². The summed E-state index contributed by atoms with van der Waals surface area (Å²) in [6.45, 7) is 1.90. The third kappa shape index (κ3) is 3.50. The highest BCUT2D eigenvalue weighted by Crippen LogP contribution is 2.24. The number of hydrogen-bond donors (Lipinski definition) is 2. The molecular weight excluding hydrogens is 324 g/mol. The number of carbonyl (C=O) groups is 1. The third-order valence-corrected chi connectivity index (χ3v) is 3.56. The number of hydrogen-bond acceptors (Lipinski definition) is 6. The molecule has 0 aliphatic carbocycles. The molecule has 1 aromatic carbocycles. The summed E-state index contributed by atoms with van der Waals surface area (Å²) in [6.07, 6.45) is 3.45. The standard InChI is InChI=1S/C16H14N6O3/c1-2-13-12(8-17-9-18-13)16(23)19-15-7-14(20-21-15)10-4-3-5-11(6-10)22(24)25/h3-9H,2H2,1H3,(H2,19,20,21,23). The number of nitrogens with one attached hydrogen (secondary N) is 2. The first-order valence-electron chi connectivity index (χ1n) is 7.49. The highest BCUT2D eigenvalue weighted by molar-refractivity contribution is 6.04. The van der Waals surface area contributed by atoms with E-state index < -0.39 is 4.92 Å². The summed E-state index contributed by atoms with van der Waals surface area (Å²) >= 11 is 0. The van der Waals surface area contributed by atoms with Crippen LogP contribution in [0.15, 0.2) is 42.9 Å². The van der Waals surface area contributed by atoms with Crippen molar-refractivity contribution in [3.63, 3.8) is 0 Å². The molecule has 126 valence electrons.